The highest BCUT2D eigenvalue weighted by Gasteiger charge is 2.10. The fourth-order valence-corrected chi connectivity index (χ4v) is 3.85. The van der Waals surface area contributed by atoms with Crippen molar-refractivity contribution in [1.29, 1.82) is 0 Å². The first kappa shape index (κ1) is 11.3. The van der Waals surface area contributed by atoms with Crippen LogP contribution in [0.3, 0.4) is 0 Å². The van der Waals surface area contributed by atoms with Crippen molar-refractivity contribution in [1.82, 2.24) is 0 Å². The quantitative estimate of drug-likeness (QED) is 0.906. The van der Waals surface area contributed by atoms with Gasteiger partial charge < -0.3 is 5.73 Å². The van der Waals surface area contributed by atoms with Crippen molar-refractivity contribution >= 4 is 38.6 Å². The van der Waals surface area contributed by atoms with Crippen molar-refractivity contribution < 1.29 is 0 Å². The van der Waals surface area contributed by atoms with E-state index in [9.17, 15) is 0 Å². The van der Waals surface area contributed by atoms with Crippen LogP contribution >= 0.6 is 38.6 Å². The summed E-state index contributed by atoms with van der Waals surface area (Å²) in [4.78, 5) is 3.94. The van der Waals surface area contributed by atoms with Crippen LogP contribution in [0.2, 0.25) is 0 Å². The molecule has 0 radical (unpaired) electrons. The summed E-state index contributed by atoms with van der Waals surface area (Å²) in [5.41, 5.74) is 6.15. The minimum atomic E-state index is 0.134. The van der Waals surface area contributed by atoms with Gasteiger partial charge in [-0.25, -0.2) is 0 Å². The molecule has 0 aliphatic heterocycles. The minimum Gasteiger partial charge on any atom is -0.323 e. The highest BCUT2D eigenvalue weighted by atomic mass is 79.9. The molecule has 0 amide bonds. The zero-order chi connectivity index (χ0) is 10.8. The van der Waals surface area contributed by atoms with Crippen LogP contribution in [0, 0.1) is 6.92 Å². The van der Waals surface area contributed by atoms with E-state index in [1.807, 2.05) is 0 Å². The molecule has 0 aliphatic rings. The van der Waals surface area contributed by atoms with E-state index >= 15 is 0 Å². The van der Waals surface area contributed by atoms with Gasteiger partial charge >= 0.3 is 0 Å². The van der Waals surface area contributed by atoms with Crippen molar-refractivity contribution in [2.75, 3.05) is 0 Å². The molecular formula is C11H12BrNS2. The Kier molecular flexibility index (Phi) is 3.61. The van der Waals surface area contributed by atoms with Gasteiger partial charge in [0.2, 0.25) is 0 Å². The first-order valence-electron chi connectivity index (χ1n) is 4.71. The lowest BCUT2D eigenvalue weighted by Gasteiger charge is -2.07. The van der Waals surface area contributed by atoms with Crippen molar-refractivity contribution in [2.24, 2.45) is 5.73 Å². The summed E-state index contributed by atoms with van der Waals surface area (Å²) in [7, 11) is 0. The van der Waals surface area contributed by atoms with E-state index in [0.717, 1.165) is 6.42 Å². The average Bonchev–Trinajstić information content (AvgIpc) is 2.75. The first-order valence-corrected chi connectivity index (χ1v) is 7.14. The SMILES string of the molecule is Cc1ccc(C(N)Cc2ccc(Br)s2)s1. The van der Waals surface area contributed by atoms with Gasteiger partial charge in [-0.3, -0.25) is 0 Å². The van der Waals surface area contributed by atoms with E-state index in [1.54, 1.807) is 22.7 Å². The fourth-order valence-electron chi connectivity index (χ4n) is 1.43. The third kappa shape index (κ3) is 2.91. The number of nitrogens with two attached hydrogens (primary N) is 1. The molecule has 1 nitrogen and oxygen atoms in total. The van der Waals surface area contributed by atoms with Gasteiger partial charge in [-0.05, 0) is 47.1 Å². The first-order chi connectivity index (χ1) is 7.15. The van der Waals surface area contributed by atoms with Gasteiger partial charge in [0.1, 0.15) is 0 Å². The Morgan fingerprint density at radius 1 is 1.27 bits per heavy atom. The highest BCUT2D eigenvalue weighted by molar-refractivity contribution is 9.11. The summed E-state index contributed by atoms with van der Waals surface area (Å²) in [6, 6.07) is 8.60. The number of halogens is 1. The monoisotopic (exact) mass is 301 g/mol. The van der Waals surface area contributed by atoms with Crippen molar-refractivity contribution in [3.8, 4) is 0 Å². The van der Waals surface area contributed by atoms with Crippen LogP contribution in [0.15, 0.2) is 28.1 Å². The van der Waals surface area contributed by atoms with Crippen molar-refractivity contribution in [3.63, 3.8) is 0 Å². The minimum absolute atomic E-state index is 0.134. The Bertz CT molecular complexity index is 447. The maximum absolute atomic E-state index is 6.15. The molecule has 0 fully saturated rings. The topological polar surface area (TPSA) is 26.0 Å². The van der Waals surface area contributed by atoms with Crippen molar-refractivity contribution in [2.45, 2.75) is 19.4 Å². The van der Waals surface area contributed by atoms with Crippen LogP contribution in [-0.4, -0.2) is 0 Å². The van der Waals surface area contributed by atoms with Gasteiger partial charge in [-0.15, -0.1) is 22.7 Å². The van der Waals surface area contributed by atoms with Crippen LogP contribution in [-0.2, 0) is 6.42 Å². The lowest BCUT2D eigenvalue weighted by atomic mass is 10.1. The second-order valence-corrected chi connectivity index (χ2v) is 7.33. The summed E-state index contributed by atoms with van der Waals surface area (Å²) in [5, 5.41) is 0. The summed E-state index contributed by atoms with van der Waals surface area (Å²) in [6.45, 7) is 2.11. The van der Waals surface area contributed by atoms with Gasteiger partial charge in [0.05, 0.1) is 3.79 Å². The van der Waals surface area contributed by atoms with Gasteiger partial charge in [0.15, 0.2) is 0 Å². The predicted molar refractivity (Wildman–Crippen MR) is 71.7 cm³/mol. The normalized spacial score (nSPS) is 13.0. The molecule has 1 atom stereocenters. The van der Waals surface area contributed by atoms with Gasteiger partial charge in [0, 0.05) is 27.1 Å². The molecule has 0 bridgehead atoms. The zero-order valence-electron chi connectivity index (χ0n) is 8.37. The smallest absolute Gasteiger partial charge is 0.0701 e. The molecule has 2 rings (SSSR count). The molecule has 0 aromatic carbocycles. The second-order valence-electron chi connectivity index (χ2n) is 3.46. The third-order valence-electron chi connectivity index (χ3n) is 2.18. The maximum Gasteiger partial charge on any atom is 0.0701 e. The number of hydrogen-bond donors (Lipinski definition) is 1. The van der Waals surface area contributed by atoms with E-state index in [-0.39, 0.29) is 6.04 Å². The molecule has 2 N–H and O–H groups in total. The van der Waals surface area contributed by atoms with E-state index < -0.39 is 0 Å². The molecule has 0 saturated heterocycles. The zero-order valence-corrected chi connectivity index (χ0v) is 11.6. The molecule has 80 valence electrons. The van der Waals surface area contributed by atoms with E-state index in [4.69, 9.17) is 5.73 Å². The molecule has 2 aromatic heterocycles. The Labute approximate surface area is 106 Å². The second kappa shape index (κ2) is 4.78. The molecule has 1 unspecified atom stereocenters. The van der Waals surface area contributed by atoms with E-state index in [1.165, 1.54) is 18.4 Å². The third-order valence-corrected chi connectivity index (χ3v) is 4.96. The molecule has 0 spiro atoms. The van der Waals surface area contributed by atoms with Crippen LogP contribution in [0.1, 0.15) is 20.7 Å². The molecular weight excluding hydrogens is 290 g/mol. The van der Waals surface area contributed by atoms with Crippen LogP contribution < -0.4 is 5.73 Å². The number of thiophene rings is 2. The van der Waals surface area contributed by atoms with Gasteiger partial charge in [-0.2, -0.15) is 0 Å². The Balaban J connectivity index is 2.06. The summed E-state index contributed by atoms with van der Waals surface area (Å²) in [6.07, 6.45) is 0.927. The van der Waals surface area contributed by atoms with E-state index in [0.29, 0.717) is 0 Å². The highest BCUT2D eigenvalue weighted by Crippen LogP contribution is 2.28. The van der Waals surface area contributed by atoms with Crippen LogP contribution in [0.5, 0.6) is 0 Å². The lowest BCUT2D eigenvalue weighted by Crippen LogP contribution is -2.10. The molecule has 15 heavy (non-hydrogen) atoms. The lowest BCUT2D eigenvalue weighted by molar-refractivity contribution is 0.745. The summed E-state index contributed by atoms with van der Waals surface area (Å²) in [5.74, 6) is 0. The Hall–Kier alpha value is -0.160. The number of aryl methyl sites for hydroxylation is 1. The fraction of sp³-hybridized carbons (Fsp3) is 0.273. The molecule has 0 aliphatic carbocycles. The van der Waals surface area contributed by atoms with Crippen LogP contribution in [0.25, 0.3) is 0 Å². The Morgan fingerprint density at radius 3 is 2.60 bits per heavy atom. The van der Waals surface area contributed by atoms with Crippen LogP contribution in [0.4, 0.5) is 0 Å². The predicted octanol–water partition coefficient (Wildman–Crippen LogP) is 4.12. The number of hydrogen-bond acceptors (Lipinski definition) is 3. The standard InChI is InChI=1S/C11H12BrNS2/c1-7-2-4-10(14-7)9(13)6-8-3-5-11(12)15-8/h2-5,9H,6,13H2,1H3. The Morgan fingerprint density at radius 2 is 2.07 bits per heavy atom. The molecule has 0 saturated carbocycles. The van der Waals surface area contributed by atoms with Gasteiger partial charge in [0.25, 0.3) is 0 Å². The largest absolute Gasteiger partial charge is 0.323 e. The maximum atomic E-state index is 6.15. The van der Waals surface area contributed by atoms with Gasteiger partial charge in [-0.1, -0.05) is 0 Å². The van der Waals surface area contributed by atoms with E-state index in [2.05, 4.69) is 47.1 Å². The number of rotatable bonds is 3. The molecule has 2 heterocycles. The van der Waals surface area contributed by atoms with Crippen molar-refractivity contribution in [3.05, 3.63) is 42.7 Å². The molecule has 4 heteroatoms. The molecule has 2 aromatic rings. The average molecular weight is 302 g/mol. The summed E-state index contributed by atoms with van der Waals surface area (Å²) >= 11 is 7.01. The summed E-state index contributed by atoms with van der Waals surface area (Å²) < 4.78 is 1.17.